The summed E-state index contributed by atoms with van der Waals surface area (Å²) in [6.45, 7) is 2.42. The number of hydrogen-bond donors (Lipinski definition) is 1. The number of piperidine rings is 1. The van der Waals surface area contributed by atoms with Gasteiger partial charge in [-0.25, -0.2) is 4.98 Å². The van der Waals surface area contributed by atoms with Crippen LogP contribution in [-0.4, -0.2) is 48.2 Å². The molecule has 16 heavy (non-hydrogen) atoms. The quantitative estimate of drug-likeness (QED) is 0.862. The van der Waals surface area contributed by atoms with Gasteiger partial charge in [0.1, 0.15) is 0 Å². The summed E-state index contributed by atoms with van der Waals surface area (Å²) in [5.74, 6) is 0. The van der Waals surface area contributed by atoms with E-state index in [0.717, 1.165) is 23.1 Å². The van der Waals surface area contributed by atoms with Crippen LogP contribution < -0.4 is 4.90 Å². The van der Waals surface area contributed by atoms with Gasteiger partial charge in [0, 0.05) is 19.3 Å². The van der Waals surface area contributed by atoms with E-state index in [-0.39, 0.29) is 6.61 Å². The van der Waals surface area contributed by atoms with Gasteiger partial charge in [0.05, 0.1) is 11.5 Å². The van der Waals surface area contributed by atoms with E-state index >= 15 is 0 Å². The third-order valence-corrected chi connectivity index (χ3v) is 4.31. The van der Waals surface area contributed by atoms with Crippen molar-refractivity contribution in [3.05, 3.63) is 11.1 Å². The molecule has 0 bridgehead atoms. The lowest BCUT2D eigenvalue weighted by atomic mass is 10.0. The fraction of sp³-hybridized carbons (Fsp3) is 0.727. The lowest BCUT2D eigenvalue weighted by molar-refractivity contribution is 0.253. The second-order valence-electron chi connectivity index (χ2n) is 4.41. The van der Waals surface area contributed by atoms with Gasteiger partial charge in [-0.3, -0.25) is 0 Å². The highest BCUT2D eigenvalue weighted by Crippen LogP contribution is 2.26. The minimum absolute atomic E-state index is 0.0961. The van der Waals surface area contributed by atoms with Crippen molar-refractivity contribution in [2.75, 3.05) is 32.1 Å². The topological polar surface area (TPSA) is 39.6 Å². The number of hydrogen-bond acceptors (Lipinski definition) is 5. The molecule has 90 valence electrons. The Morgan fingerprint density at radius 1 is 1.56 bits per heavy atom. The Labute approximate surface area is 101 Å². The van der Waals surface area contributed by atoms with E-state index in [2.05, 4.69) is 28.9 Å². The number of aliphatic hydroxyl groups excluding tert-OH is 1. The summed E-state index contributed by atoms with van der Waals surface area (Å²) in [6, 6.07) is 0.592. The van der Waals surface area contributed by atoms with E-state index in [1.54, 1.807) is 17.5 Å². The molecular weight excluding hydrogens is 222 g/mol. The molecule has 1 saturated heterocycles. The van der Waals surface area contributed by atoms with E-state index in [9.17, 15) is 0 Å². The van der Waals surface area contributed by atoms with Gasteiger partial charge in [-0.15, -0.1) is 0 Å². The molecule has 1 fully saturated rings. The van der Waals surface area contributed by atoms with Crippen molar-refractivity contribution in [2.24, 2.45) is 0 Å². The number of aliphatic hydroxyl groups is 1. The maximum absolute atomic E-state index is 9.02. The Morgan fingerprint density at radius 3 is 2.81 bits per heavy atom. The van der Waals surface area contributed by atoms with Crippen molar-refractivity contribution in [3.63, 3.8) is 0 Å². The summed E-state index contributed by atoms with van der Waals surface area (Å²) < 4.78 is 0. The molecule has 2 heterocycles. The number of nitrogens with zero attached hydrogens (tertiary/aromatic N) is 3. The van der Waals surface area contributed by atoms with Crippen LogP contribution in [0.4, 0.5) is 5.13 Å². The van der Waals surface area contributed by atoms with Gasteiger partial charge in [0.25, 0.3) is 0 Å². The molecule has 1 aromatic heterocycles. The highest BCUT2D eigenvalue weighted by molar-refractivity contribution is 7.15. The summed E-state index contributed by atoms with van der Waals surface area (Å²) in [6.07, 6.45) is 4.16. The minimum atomic E-state index is 0.0961. The molecule has 1 aliphatic heterocycles. The first-order valence-corrected chi connectivity index (χ1v) is 6.49. The molecular formula is C11H19N3OS. The van der Waals surface area contributed by atoms with Gasteiger partial charge in [0.2, 0.25) is 0 Å². The van der Waals surface area contributed by atoms with Gasteiger partial charge < -0.3 is 14.9 Å². The van der Waals surface area contributed by atoms with Crippen LogP contribution in [0.2, 0.25) is 0 Å². The molecule has 0 aliphatic carbocycles. The fourth-order valence-electron chi connectivity index (χ4n) is 2.07. The fourth-order valence-corrected chi connectivity index (χ4v) is 2.87. The first kappa shape index (κ1) is 11.8. The molecule has 1 aliphatic rings. The van der Waals surface area contributed by atoms with Crippen molar-refractivity contribution in [1.29, 1.82) is 0 Å². The average molecular weight is 241 g/mol. The van der Waals surface area contributed by atoms with Crippen molar-refractivity contribution in [2.45, 2.75) is 25.5 Å². The monoisotopic (exact) mass is 241 g/mol. The standard InChI is InChI=1S/C11H19N3OS/c1-13-5-3-9(4-6-13)14(2)11-12-7-10(8-15)16-11/h7,9,15H,3-6,8H2,1-2H3. The minimum Gasteiger partial charge on any atom is -0.391 e. The number of anilines is 1. The maximum Gasteiger partial charge on any atom is 0.185 e. The van der Waals surface area contributed by atoms with E-state index in [1.165, 1.54) is 12.8 Å². The number of thiazole rings is 1. The van der Waals surface area contributed by atoms with Crippen LogP contribution in [0.3, 0.4) is 0 Å². The molecule has 4 nitrogen and oxygen atoms in total. The SMILES string of the molecule is CN1CCC(N(C)c2ncc(CO)s2)CC1. The first-order valence-electron chi connectivity index (χ1n) is 5.67. The predicted octanol–water partition coefficient (Wildman–Crippen LogP) is 1.17. The Hall–Kier alpha value is -0.650. The van der Waals surface area contributed by atoms with Gasteiger partial charge in [-0.2, -0.15) is 0 Å². The van der Waals surface area contributed by atoms with Crippen molar-refractivity contribution >= 4 is 16.5 Å². The largest absolute Gasteiger partial charge is 0.391 e. The predicted molar refractivity (Wildman–Crippen MR) is 67.0 cm³/mol. The molecule has 0 aromatic carbocycles. The zero-order valence-electron chi connectivity index (χ0n) is 9.89. The Kier molecular flexibility index (Phi) is 3.78. The average Bonchev–Trinajstić information content (AvgIpc) is 2.77. The Morgan fingerprint density at radius 2 is 2.25 bits per heavy atom. The molecule has 0 unspecified atom stereocenters. The van der Waals surface area contributed by atoms with E-state index in [1.807, 2.05) is 0 Å². The van der Waals surface area contributed by atoms with E-state index < -0.39 is 0 Å². The third kappa shape index (κ3) is 2.53. The smallest absolute Gasteiger partial charge is 0.185 e. The maximum atomic E-state index is 9.02. The Balaban J connectivity index is 1.98. The second-order valence-corrected chi connectivity index (χ2v) is 5.51. The molecule has 0 spiro atoms. The second kappa shape index (κ2) is 5.12. The molecule has 0 atom stereocenters. The molecule has 1 N–H and O–H groups in total. The summed E-state index contributed by atoms with van der Waals surface area (Å²) in [4.78, 5) is 9.92. The zero-order chi connectivity index (χ0) is 11.5. The van der Waals surface area contributed by atoms with Gasteiger partial charge >= 0.3 is 0 Å². The summed E-state index contributed by atoms with van der Waals surface area (Å²) in [7, 11) is 4.28. The normalized spacial score (nSPS) is 18.9. The molecule has 5 heteroatoms. The van der Waals surface area contributed by atoms with Crippen LogP contribution in [0.5, 0.6) is 0 Å². The van der Waals surface area contributed by atoms with E-state index in [0.29, 0.717) is 6.04 Å². The number of likely N-dealkylation sites (tertiary alicyclic amines) is 1. The van der Waals surface area contributed by atoms with Crippen molar-refractivity contribution < 1.29 is 5.11 Å². The summed E-state index contributed by atoms with van der Waals surface area (Å²) >= 11 is 1.59. The van der Waals surface area contributed by atoms with Crippen molar-refractivity contribution in [3.8, 4) is 0 Å². The Bertz CT molecular complexity index is 334. The summed E-state index contributed by atoms with van der Waals surface area (Å²) in [5, 5.41) is 10.0. The zero-order valence-corrected chi connectivity index (χ0v) is 10.7. The molecule has 0 saturated carbocycles. The molecule has 0 radical (unpaired) electrons. The van der Waals surface area contributed by atoms with E-state index in [4.69, 9.17) is 5.11 Å². The summed E-state index contributed by atoms with van der Waals surface area (Å²) in [5.41, 5.74) is 0. The van der Waals surface area contributed by atoms with Gasteiger partial charge in [-0.1, -0.05) is 11.3 Å². The van der Waals surface area contributed by atoms with Crippen LogP contribution in [0, 0.1) is 0 Å². The van der Waals surface area contributed by atoms with Crippen LogP contribution in [0.25, 0.3) is 0 Å². The van der Waals surface area contributed by atoms with Gasteiger partial charge in [-0.05, 0) is 33.0 Å². The number of rotatable bonds is 3. The third-order valence-electron chi connectivity index (χ3n) is 3.23. The van der Waals surface area contributed by atoms with Crippen molar-refractivity contribution in [1.82, 2.24) is 9.88 Å². The number of aromatic nitrogens is 1. The van der Waals surface area contributed by atoms with Crippen LogP contribution in [0.1, 0.15) is 17.7 Å². The molecule has 2 rings (SSSR count). The highest BCUT2D eigenvalue weighted by atomic mass is 32.1. The van der Waals surface area contributed by atoms with Crippen LogP contribution in [-0.2, 0) is 6.61 Å². The lowest BCUT2D eigenvalue weighted by Crippen LogP contribution is -2.41. The van der Waals surface area contributed by atoms with Crippen LogP contribution >= 0.6 is 11.3 Å². The molecule has 1 aromatic rings. The lowest BCUT2D eigenvalue weighted by Gasteiger charge is -2.34. The first-order chi connectivity index (χ1) is 7.70. The van der Waals surface area contributed by atoms with Crippen LogP contribution in [0.15, 0.2) is 6.20 Å². The van der Waals surface area contributed by atoms with Gasteiger partial charge in [0.15, 0.2) is 5.13 Å². The molecule has 0 amide bonds. The highest BCUT2D eigenvalue weighted by Gasteiger charge is 2.22.